The van der Waals surface area contributed by atoms with Gasteiger partial charge >= 0.3 is 0 Å². The summed E-state index contributed by atoms with van der Waals surface area (Å²) in [5, 5.41) is 0. The molecule has 2 nitrogen and oxygen atoms in total. The second kappa shape index (κ2) is 5.78. The van der Waals surface area contributed by atoms with Crippen molar-refractivity contribution in [3.05, 3.63) is 35.9 Å². The van der Waals surface area contributed by atoms with E-state index in [0.29, 0.717) is 0 Å². The van der Waals surface area contributed by atoms with Gasteiger partial charge in [0.25, 0.3) is 0 Å². The number of benzene rings is 1. The Morgan fingerprint density at radius 2 is 1.79 bits per heavy atom. The van der Waals surface area contributed by atoms with Crippen molar-refractivity contribution in [3.8, 4) is 0 Å². The lowest BCUT2D eigenvalue weighted by Crippen LogP contribution is -2.29. The Morgan fingerprint density at radius 1 is 1.14 bits per heavy atom. The van der Waals surface area contributed by atoms with Crippen LogP contribution < -0.4 is 11.5 Å². The Labute approximate surface area is 86.3 Å². The standard InChI is InChI=1S/C12H20N2/c1-10(13)9-12(14)8-7-11-5-3-2-4-6-11/h2-6,10,12H,7-9,13-14H2,1H3/t10-,12?/m1/s1. The monoisotopic (exact) mass is 192 g/mol. The molecule has 0 saturated carbocycles. The fourth-order valence-corrected chi connectivity index (χ4v) is 1.59. The van der Waals surface area contributed by atoms with Gasteiger partial charge in [0.2, 0.25) is 0 Å². The Morgan fingerprint density at radius 3 is 2.36 bits per heavy atom. The van der Waals surface area contributed by atoms with Crippen LogP contribution in [-0.2, 0) is 6.42 Å². The maximum atomic E-state index is 5.94. The molecule has 1 aromatic rings. The predicted molar refractivity (Wildman–Crippen MR) is 61.0 cm³/mol. The maximum absolute atomic E-state index is 5.94. The van der Waals surface area contributed by atoms with E-state index in [1.165, 1.54) is 5.56 Å². The first-order valence-corrected chi connectivity index (χ1v) is 5.23. The van der Waals surface area contributed by atoms with Crippen molar-refractivity contribution in [3.63, 3.8) is 0 Å². The first-order valence-electron chi connectivity index (χ1n) is 5.23. The van der Waals surface area contributed by atoms with E-state index >= 15 is 0 Å². The van der Waals surface area contributed by atoms with Gasteiger partial charge in [0.15, 0.2) is 0 Å². The smallest absolute Gasteiger partial charge is 0.00566 e. The molecule has 0 saturated heterocycles. The molecule has 2 heteroatoms. The minimum absolute atomic E-state index is 0.209. The highest BCUT2D eigenvalue weighted by molar-refractivity contribution is 5.14. The van der Waals surface area contributed by atoms with Gasteiger partial charge in [0.1, 0.15) is 0 Å². The van der Waals surface area contributed by atoms with Gasteiger partial charge in [-0.2, -0.15) is 0 Å². The molecule has 14 heavy (non-hydrogen) atoms. The van der Waals surface area contributed by atoms with Gasteiger partial charge in [-0.25, -0.2) is 0 Å². The fraction of sp³-hybridized carbons (Fsp3) is 0.500. The number of nitrogens with two attached hydrogens (primary N) is 2. The summed E-state index contributed by atoms with van der Waals surface area (Å²) < 4.78 is 0. The van der Waals surface area contributed by atoms with Crippen molar-refractivity contribution in [2.24, 2.45) is 11.5 Å². The number of hydrogen-bond donors (Lipinski definition) is 2. The molecule has 0 radical (unpaired) electrons. The van der Waals surface area contributed by atoms with Crippen molar-refractivity contribution in [2.75, 3.05) is 0 Å². The normalized spacial score (nSPS) is 15.1. The zero-order valence-corrected chi connectivity index (χ0v) is 8.82. The van der Waals surface area contributed by atoms with E-state index in [1.54, 1.807) is 0 Å². The van der Waals surface area contributed by atoms with Gasteiger partial charge in [-0.3, -0.25) is 0 Å². The number of hydrogen-bond acceptors (Lipinski definition) is 2. The molecule has 0 aliphatic heterocycles. The summed E-state index contributed by atoms with van der Waals surface area (Å²) in [4.78, 5) is 0. The van der Waals surface area contributed by atoms with Gasteiger partial charge in [-0.05, 0) is 31.7 Å². The fourth-order valence-electron chi connectivity index (χ4n) is 1.59. The van der Waals surface area contributed by atoms with E-state index in [1.807, 2.05) is 13.0 Å². The summed E-state index contributed by atoms with van der Waals surface area (Å²) in [6, 6.07) is 10.9. The highest BCUT2D eigenvalue weighted by Crippen LogP contribution is 2.06. The Kier molecular flexibility index (Phi) is 4.63. The van der Waals surface area contributed by atoms with Crippen LogP contribution in [0.3, 0.4) is 0 Å². The first kappa shape index (κ1) is 11.2. The van der Waals surface area contributed by atoms with Gasteiger partial charge in [0, 0.05) is 12.1 Å². The van der Waals surface area contributed by atoms with Crippen LogP contribution in [0.2, 0.25) is 0 Å². The predicted octanol–water partition coefficient (Wildman–Crippen LogP) is 1.68. The summed E-state index contributed by atoms with van der Waals surface area (Å²) in [5.41, 5.74) is 13.0. The van der Waals surface area contributed by atoms with Crippen molar-refractivity contribution in [2.45, 2.75) is 38.3 Å². The van der Waals surface area contributed by atoms with Crippen LogP contribution in [0.5, 0.6) is 0 Å². The van der Waals surface area contributed by atoms with E-state index in [2.05, 4.69) is 24.3 Å². The molecule has 1 aromatic carbocycles. The molecule has 4 N–H and O–H groups in total. The summed E-state index contributed by atoms with van der Waals surface area (Å²) in [5.74, 6) is 0. The Hall–Kier alpha value is -0.860. The third-order valence-corrected chi connectivity index (χ3v) is 2.32. The third kappa shape index (κ3) is 4.40. The molecule has 0 aliphatic rings. The molecule has 2 atom stereocenters. The molecule has 0 heterocycles. The molecule has 0 amide bonds. The second-order valence-corrected chi connectivity index (χ2v) is 4.00. The van der Waals surface area contributed by atoms with E-state index in [0.717, 1.165) is 19.3 Å². The third-order valence-electron chi connectivity index (χ3n) is 2.32. The maximum Gasteiger partial charge on any atom is 0.00566 e. The van der Waals surface area contributed by atoms with Crippen molar-refractivity contribution >= 4 is 0 Å². The van der Waals surface area contributed by atoms with E-state index in [9.17, 15) is 0 Å². The molecule has 1 unspecified atom stereocenters. The highest BCUT2D eigenvalue weighted by atomic mass is 14.7. The average Bonchev–Trinajstić information content (AvgIpc) is 2.15. The molecule has 0 fully saturated rings. The lowest BCUT2D eigenvalue weighted by Gasteiger charge is -2.13. The van der Waals surface area contributed by atoms with Gasteiger partial charge in [0.05, 0.1) is 0 Å². The Bertz CT molecular complexity index is 244. The van der Waals surface area contributed by atoms with E-state index in [-0.39, 0.29) is 12.1 Å². The lowest BCUT2D eigenvalue weighted by molar-refractivity contribution is 0.517. The molecule has 1 rings (SSSR count). The molecule has 0 bridgehead atoms. The largest absolute Gasteiger partial charge is 0.328 e. The van der Waals surface area contributed by atoms with Gasteiger partial charge in [-0.1, -0.05) is 30.3 Å². The number of aryl methyl sites for hydroxylation is 1. The van der Waals surface area contributed by atoms with Crippen LogP contribution in [0.1, 0.15) is 25.3 Å². The summed E-state index contributed by atoms with van der Waals surface area (Å²) in [6.45, 7) is 2.00. The SMILES string of the molecule is C[C@@H](N)CC(N)CCc1ccccc1. The van der Waals surface area contributed by atoms with E-state index < -0.39 is 0 Å². The van der Waals surface area contributed by atoms with Crippen molar-refractivity contribution in [1.82, 2.24) is 0 Å². The summed E-state index contributed by atoms with van der Waals surface area (Å²) >= 11 is 0. The van der Waals surface area contributed by atoms with Gasteiger partial charge in [-0.15, -0.1) is 0 Å². The topological polar surface area (TPSA) is 52.0 Å². The second-order valence-electron chi connectivity index (χ2n) is 4.00. The molecular formula is C12H20N2. The van der Waals surface area contributed by atoms with Gasteiger partial charge < -0.3 is 11.5 Å². The van der Waals surface area contributed by atoms with Crippen LogP contribution in [-0.4, -0.2) is 12.1 Å². The minimum atomic E-state index is 0.209. The number of rotatable bonds is 5. The molecular weight excluding hydrogens is 172 g/mol. The summed E-state index contributed by atoms with van der Waals surface area (Å²) in [6.07, 6.45) is 2.98. The lowest BCUT2D eigenvalue weighted by atomic mass is 10.0. The molecule has 78 valence electrons. The molecule has 0 spiro atoms. The molecule has 0 aromatic heterocycles. The molecule has 0 aliphatic carbocycles. The quantitative estimate of drug-likeness (QED) is 0.746. The van der Waals surface area contributed by atoms with Crippen LogP contribution in [0.15, 0.2) is 30.3 Å². The summed E-state index contributed by atoms with van der Waals surface area (Å²) in [7, 11) is 0. The van der Waals surface area contributed by atoms with Crippen molar-refractivity contribution < 1.29 is 0 Å². The van der Waals surface area contributed by atoms with Crippen LogP contribution in [0.4, 0.5) is 0 Å². The first-order chi connectivity index (χ1) is 6.68. The van der Waals surface area contributed by atoms with Crippen LogP contribution in [0, 0.1) is 0 Å². The average molecular weight is 192 g/mol. The minimum Gasteiger partial charge on any atom is -0.328 e. The van der Waals surface area contributed by atoms with E-state index in [4.69, 9.17) is 11.5 Å². The Balaban J connectivity index is 2.27. The zero-order valence-electron chi connectivity index (χ0n) is 8.82. The zero-order chi connectivity index (χ0) is 10.4. The van der Waals surface area contributed by atoms with Crippen LogP contribution >= 0.6 is 0 Å². The van der Waals surface area contributed by atoms with Crippen molar-refractivity contribution in [1.29, 1.82) is 0 Å². The van der Waals surface area contributed by atoms with Crippen LogP contribution in [0.25, 0.3) is 0 Å². The highest BCUT2D eigenvalue weighted by Gasteiger charge is 2.05.